The third-order valence-electron chi connectivity index (χ3n) is 9.72. The fourth-order valence-electron chi connectivity index (χ4n) is 8.26. The summed E-state index contributed by atoms with van der Waals surface area (Å²) >= 11 is 0. The van der Waals surface area contributed by atoms with Crippen LogP contribution < -0.4 is 0 Å². The lowest BCUT2D eigenvalue weighted by Crippen LogP contribution is -2.63. The van der Waals surface area contributed by atoms with Crippen LogP contribution >= 0.6 is 0 Å². The molecule has 5 saturated carbocycles. The number of Topliss-reactive ketones (excluding diaryl/α,β-unsaturated/α-hetero) is 1. The summed E-state index contributed by atoms with van der Waals surface area (Å²) < 4.78 is 0. The Morgan fingerprint density at radius 1 is 0.958 bits per heavy atom. The normalized spacial score (nSPS) is 62.1. The zero-order valence-corrected chi connectivity index (χ0v) is 15.1. The lowest BCUT2D eigenvalue weighted by atomic mass is 9.43. The molecule has 0 aromatic carbocycles. The van der Waals surface area contributed by atoms with Crippen LogP contribution in [-0.4, -0.2) is 27.7 Å². The van der Waals surface area contributed by atoms with Crippen molar-refractivity contribution < 1.29 is 15.0 Å². The first-order chi connectivity index (χ1) is 11.3. The van der Waals surface area contributed by atoms with Crippen molar-refractivity contribution in [1.82, 2.24) is 0 Å². The zero-order chi connectivity index (χ0) is 16.9. The molecule has 3 heteroatoms. The average molecular weight is 332 g/mol. The molecule has 5 aliphatic carbocycles. The van der Waals surface area contributed by atoms with Crippen LogP contribution in [0.25, 0.3) is 0 Å². The first kappa shape index (κ1) is 15.8. The predicted octanol–water partition coefficient (Wildman–Crippen LogP) is 3.32. The van der Waals surface area contributed by atoms with Crippen molar-refractivity contribution >= 4 is 5.78 Å². The Morgan fingerprint density at radius 3 is 2.46 bits per heavy atom. The minimum atomic E-state index is -0.693. The third kappa shape index (κ3) is 1.65. The Hall–Kier alpha value is -0.410. The molecule has 2 N–H and O–H groups in total. The molecule has 0 radical (unpaired) electrons. The second kappa shape index (κ2) is 4.65. The van der Waals surface area contributed by atoms with Gasteiger partial charge >= 0.3 is 0 Å². The van der Waals surface area contributed by atoms with E-state index in [1.54, 1.807) is 0 Å². The van der Waals surface area contributed by atoms with Gasteiger partial charge in [0.25, 0.3) is 0 Å². The zero-order valence-electron chi connectivity index (χ0n) is 15.1. The van der Waals surface area contributed by atoms with Crippen LogP contribution in [0.2, 0.25) is 0 Å². The molecule has 0 heterocycles. The molecule has 0 aromatic heterocycles. The van der Waals surface area contributed by atoms with Crippen molar-refractivity contribution in [3.63, 3.8) is 0 Å². The Bertz CT molecular complexity index is 588. The maximum atomic E-state index is 13.0. The van der Waals surface area contributed by atoms with Gasteiger partial charge in [0.05, 0.1) is 11.7 Å². The van der Waals surface area contributed by atoms with Gasteiger partial charge in [-0.2, -0.15) is 0 Å². The van der Waals surface area contributed by atoms with E-state index in [-0.39, 0.29) is 16.9 Å². The number of hydrogen-bond acceptors (Lipinski definition) is 3. The molecule has 0 saturated heterocycles. The molecule has 134 valence electrons. The number of carbonyl (C=O) groups excluding carboxylic acids is 1. The molecule has 0 amide bonds. The highest BCUT2D eigenvalue weighted by molar-refractivity contribution is 5.91. The highest BCUT2D eigenvalue weighted by Gasteiger charge is 2.69. The Balaban J connectivity index is 1.52. The van der Waals surface area contributed by atoms with Gasteiger partial charge in [0.15, 0.2) is 0 Å². The standard InChI is InChI=1S/C21H32O3/c1-19-8-7-16-15(17(19)13-3-4-14(13)18(19)23)6-10-21(24)11-12(22)5-9-20(16,21)2/h12-17,22,24H,3-11H2,1-2H3/t12-,13+,14-,15+,16-,17-,19-,20+,21-/m0/s1. The maximum absolute atomic E-state index is 13.0. The highest BCUT2D eigenvalue weighted by atomic mass is 16.3. The number of rotatable bonds is 0. The van der Waals surface area contributed by atoms with E-state index in [0.29, 0.717) is 41.8 Å². The van der Waals surface area contributed by atoms with Crippen LogP contribution in [0, 0.1) is 40.4 Å². The topological polar surface area (TPSA) is 57.5 Å². The summed E-state index contributed by atoms with van der Waals surface area (Å²) in [6.07, 6.45) is 8.36. The lowest BCUT2D eigenvalue weighted by Gasteiger charge is -2.64. The number of hydrogen-bond donors (Lipinski definition) is 2. The molecule has 24 heavy (non-hydrogen) atoms. The van der Waals surface area contributed by atoms with Crippen LogP contribution in [0.1, 0.15) is 71.6 Å². The van der Waals surface area contributed by atoms with E-state index in [2.05, 4.69) is 13.8 Å². The molecule has 0 aliphatic heterocycles. The van der Waals surface area contributed by atoms with Gasteiger partial charge in [-0.25, -0.2) is 0 Å². The molecule has 0 bridgehead atoms. The summed E-state index contributed by atoms with van der Waals surface area (Å²) in [7, 11) is 0. The fraction of sp³-hybridized carbons (Fsp3) is 0.952. The first-order valence-corrected chi connectivity index (χ1v) is 10.2. The summed E-state index contributed by atoms with van der Waals surface area (Å²) in [6.45, 7) is 4.57. The van der Waals surface area contributed by atoms with Gasteiger partial charge in [-0.1, -0.05) is 13.8 Å². The van der Waals surface area contributed by atoms with Crippen molar-refractivity contribution in [3.05, 3.63) is 0 Å². The SMILES string of the molecule is C[C@]12CC[C@H]3[C@@H](CC[C@]4(O)C[C@@H](O)CC[C@]34C)[C@@H]1[C@@H]1CC[C@@H]1C2=O. The lowest BCUT2D eigenvalue weighted by molar-refractivity contribution is -0.221. The monoisotopic (exact) mass is 332 g/mol. The Kier molecular flexibility index (Phi) is 3.06. The smallest absolute Gasteiger partial charge is 0.142 e. The van der Waals surface area contributed by atoms with Crippen molar-refractivity contribution in [3.8, 4) is 0 Å². The van der Waals surface area contributed by atoms with Crippen molar-refractivity contribution in [1.29, 1.82) is 0 Å². The van der Waals surface area contributed by atoms with Crippen molar-refractivity contribution in [2.24, 2.45) is 40.4 Å². The Labute approximate surface area is 145 Å². The van der Waals surface area contributed by atoms with Crippen molar-refractivity contribution in [2.75, 3.05) is 0 Å². The summed E-state index contributed by atoms with van der Waals surface area (Å²) in [5.74, 6) is 3.29. The predicted molar refractivity (Wildman–Crippen MR) is 91.2 cm³/mol. The second-order valence-corrected chi connectivity index (χ2v) is 10.3. The molecule has 0 aromatic rings. The number of carbonyl (C=O) groups is 1. The number of aliphatic hydroxyl groups excluding tert-OH is 1. The van der Waals surface area contributed by atoms with Crippen molar-refractivity contribution in [2.45, 2.75) is 83.3 Å². The largest absolute Gasteiger partial charge is 0.393 e. The van der Waals surface area contributed by atoms with E-state index in [0.717, 1.165) is 44.9 Å². The van der Waals surface area contributed by atoms with E-state index >= 15 is 0 Å². The van der Waals surface area contributed by atoms with Gasteiger partial charge in [0.2, 0.25) is 0 Å². The molecule has 3 nitrogen and oxygen atoms in total. The number of fused-ring (bicyclic) bond motifs is 7. The van der Waals surface area contributed by atoms with E-state index in [9.17, 15) is 15.0 Å². The van der Waals surface area contributed by atoms with Crippen LogP contribution in [0.5, 0.6) is 0 Å². The summed E-state index contributed by atoms with van der Waals surface area (Å²) in [6, 6.07) is 0. The highest BCUT2D eigenvalue weighted by Crippen LogP contribution is 2.70. The molecular weight excluding hydrogens is 300 g/mol. The van der Waals surface area contributed by atoms with Gasteiger partial charge in [0, 0.05) is 17.8 Å². The van der Waals surface area contributed by atoms with Crippen LogP contribution in [0.15, 0.2) is 0 Å². The first-order valence-electron chi connectivity index (χ1n) is 10.2. The summed E-state index contributed by atoms with van der Waals surface area (Å²) in [4.78, 5) is 13.0. The van der Waals surface area contributed by atoms with E-state index in [1.807, 2.05) is 0 Å². The quantitative estimate of drug-likeness (QED) is 0.715. The second-order valence-electron chi connectivity index (χ2n) is 10.3. The number of ketones is 1. The van der Waals surface area contributed by atoms with Gasteiger partial charge in [-0.05, 0) is 80.5 Å². The molecule has 5 fully saturated rings. The van der Waals surface area contributed by atoms with Gasteiger partial charge in [-0.3, -0.25) is 4.79 Å². The summed E-state index contributed by atoms with van der Waals surface area (Å²) in [5.41, 5.74) is -0.838. The fourth-order valence-corrected chi connectivity index (χ4v) is 8.26. The number of aliphatic hydroxyl groups is 2. The molecule has 0 unspecified atom stereocenters. The molecule has 9 atom stereocenters. The minimum absolute atomic E-state index is 0.0681. The van der Waals surface area contributed by atoms with Crippen LogP contribution in [0.4, 0.5) is 0 Å². The third-order valence-corrected chi connectivity index (χ3v) is 9.72. The van der Waals surface area contributed by atoms with E-state index in [4.69, 9.17) is 0 Å². The van der Waals surface area contributed by atoms with Gasteiger partial charge in [0.1, 0.15) is 5.78 Å². The van der Waals surface area contributed by atoms with Gasteiger partial charge in [-0.15, -0.1) is 0 Å². The van der Waals surface area contributed by atoms with Gasteiger partial charge < -0.3 is 10.2 Å². The van der Waals surface area contributed by atoms with E-state index < -0.39 is 5.60 Å². The van der Waals surface area contributed by atoms with E-state index in [1.165, 1.54) is 6.42 Å². The minimum Gasteiger partial charge on any atom is -0.393 e. The molecule has 5 rings (SSSR count). The Morgan fingerprint density at radius 2 is 1.75 bits per heavy atom. The van der Waals surface area contributed by atoms with Crippen LogP contribution in [0.3, 0.4) is 0 Å². The van der Waals surface area contributed by atoms with Crippen LogP contribution in [-0.2, 0) is 4.79 Å². The molecular formula is C21H32O3. The molecule has 5 aliphatic rings. The summed E-state index contributed by atoms with van der Waals surface area (Å²) in [5, 5.41) is 21.6. The maximum Gasteiger partial charge on any atom is 0.142 e. The molecule has 0 spiro atoms. The average Bonchev–Trinajstić information content (AvgIpc) is 2.64.